The number of ether oxygens (including phenoxy) is 3. The first-order chi connectivity index (χ1) is 6.77. The number of hydrogen-bond donors (Lipinski definition) is 1. The van der Waals surface area contributed by atoms with Gasteiger partial charge < -0.3 is 19.9 Å². The Hall–Kier alpha value is -1.42. The van der Waals surface area contributed by atoms with Crippen LogP contribution in [0.5, 0.6) is 17.2 Å². The molecule has 0 aromatic heterocycles. The van der Waals surface area contributed by atoms with Gasteiger partial charge in [0.05, 0.1) is 20.3 Å². The number of nitrogens with two attached hydrogens (primary N) is 1. The maximum Gasteiger partial charge on any atom is 0.203 e. The maximum atomic E-state index is 5.84. The summed E-state index contributed by atoms with van der Waals surface area (Å²) >= 11 is 0. The van der Waals surface area contributed by atoms with Crippen LogP contribution in [0.3, 0.4) is 0 Å². The second-order valence-electron chi connectivity index (χ2n) is 3.14. The molecule has 1 aromatic carbocycles. The van der Waals surface area contributed by atoms with Gasteiger partial charge in [-0.1, -0.05) is 0 Å². The summed E-state index contributed by atoms with van der Waals surface area (Å²) in [4.78, 5) is 0. The van der Waals surface area contributed by atoms with Gasteiger partial charge in [0.15, 0.2) is 11.5 Å². The Morgan fingerprint density at radius 1 is 1.36 bits per heavy atom. The van der Waals surface area contributed by atoms with E-state index in [-0.39, 0.29) is 6.04 Å². The van der Waals surface area contributed by atoms with Crippen LogP contribution in [0.25, 0.3) is 0 Å². The van der Waals surface area contributed by atoms with Crippen molar-refractivity contribution >= 4 is 0 Å². The molecular formula is C10H13NO3. The van der Waals surface area contributed by atoms with Crippen LogP contribution in [0.4, 0.5) is 0 Å². The molecule has 2 N–H and O–H groups in total. The predicted octanol–water partition coefficient (Wildman–Crippen LogP) is 1.10. The molecule has 1 atom stereocenters. The minimum Gasteiger partial charge on any atom is -0.493 e. The molecule has 14 heavy (non-hydrogen) atoms. The summed E-state index contributed by atoms with van der Waals surface area (Å²) in [6.07, 6.45) is 0. The summed E-state index contributed by atoms with van der Waals surface area (Å²) in [6, 6.07) is 3.69. The van der Waals surface area contributed by atoms with E-state index in [1.54, 1.807) is 14.2 Å². The lowest BCUT2D eigenvalue weighted by atomic mass is 10.1. The van der Waals surface area contributed by atoms with Crippen molar-refractivity contribution in [2.24, 2.45) is 5.73 Å². The molecule has 0 saturated carbocycles. The number of benzene rings is 1. The van der Waals surface area contributed by atoms with Gasteiger partial charge in [0.1, 0.15) is 6.61 Å². The zero-order valence-corrected chi connectivity index (χ0v) is 8.24. The second-order valence-corrected chi connectivity index (χ2v) is 3.14. The topological polar surface area (TPSA) is 53.7 Å². The van der Waals surface area contributed by atoms with E-state index in [4.69, 9.17) is 19.9 Å². The molecule has 0 radical (unpaired) electrons. The van der Waals surface area contributed by atoms with Crippen LogP contribution in [-0.2, 0) is 0 Å². The molecule has 0 amide bonds. The van der Waals surface area contributed by atoms with Gasteiger partial charge in [0.2, 0.25) is 5.75 Å². The van der Waals surface area contributed by atoms with Crippen molar-refractivity contribution in [3.8, 4) is 17.2 Å². The number of methoxy groups -OCH3 is 2. The molecular weight excluding hydrogens is 182 g/mol. The third kappa shape index (κ3) is 1.19. The Labute approximate surface area is 82.6 Å². The van der Waals surface area contributed by atoms with E-state index in [9.17, 15) is 0 Å². The van der Waals surface area contributed by atoms with Crippen molar-refractivity contribution in [3.63, 3.8) is 0 Å². The largest absolute Gasteiger partial charge is 0.493 e. The van der Waals surface area contributed by atoms with Gasteiger partial charge in [0, 0.05) is 5.56 Å². The molecule has 4 heteroatoms. The lowest BCUT2D eigenvalue weighted by molar-refractivity contribution is 0.299. The Morgan fingerprint density at radius 2 is 2.14 bits per heavy atom. The first-order valence-electron chi connectivity index (χ1n) is 4.41. The van der Waals surface area contributed by atoms with E-state index in [1.165, 1.54) is 0 Å². The van der Waals surface area contributed by atoms with E-state index >= 15 is 0 Å². The number of rotatable bonds is 2. The zero-order valence-electron chi connectivity index (χ0n) is 8.24. The molecule has 1 aliphatic heterocycles. The van der Waals surface area contributed by atoms with Crippen LogP contribution in [0.15, 0.2) is 12.1 Å². The molecule has 0 unspecified atom stereocenters. The SMILES string of the molecule is COc1ccc2c(c1OC)OC[C@H]2N. The molecule has 1 heterocycles. The molecule has 0 bridgehead atoms. The summed E-state index contributed by atoms with van der Waals surface area (Å²) in [5.74, 6) is 2.00. The highest BCUT2D eigenvalue weighted by Gasteiger charge is 2.26. The molecule has 2 rings (SSSR count). The van der Waals surface area contributed by atoms with E-state index in [1.807, 2.05) is 12.1 Å². The van der Waals surface area contributed by atoms with Gasteiger partial charge in [-0.25, -0.2) is 0 Å². The van der Waals surface area contributed by atoms with Gasteiger partial charge in [0.25, 0.3) is 0 Å². The van der Waals surface area contributed by atoms with Gasteiger partial charge in [-0.05, 0) is 12.1 Å². The first-order valence-corrected chi connectivity index (χ1v) is 4.41. The normalized spacial score (nSPS) is 18.6. The van der Waals surface area contributed by atoms with E-state index < -0.39 is 0 Å². The monoisotopic (exact) mass is 195 g/mol. The molecule has 0 spiro atoms. The number of fused-ring (bicyclic) bond motifs is 1. The smallest absolute Gasteiger partial charge is 0.203 e. The van der Waals surface area contributed by atoms with Gasteiger partial charge in [-0.15, -0.1) is 0 Å². The van der Waals surface area contributed by atoms with Crippen molar-refractivity contribution in [1.29, 1.82) is 0 Å². The molecule has 4 nitrogen and oxygen atoms in total. The second kappa shape index (κ2) is 3.38. The average molecular weight is 195 g/mol. The van der Waals surface area contributed by atoms with Crippen molar-refractivity contribution in [2.45, 2.75) is 6.04 Å². The van der Waals surface area contributed by atoms with Crippen LogP contribution < -0.4 is 19.9 Å². The summed E-state index contributed by atoms with van der Waals surface area (Å²) < 4.78 is 15.8. The molecule has 0 aliphatic carbocycles. The average Bonchev–Trinajstić information content (AvgIpc) is 2.59. The standard InChI is InChI=1S/C10H13NO3/c1-12-8-4-3-6-7(11)5-14-9(6)10(8)13-2/h3-4,7H,5,11H2,1-2H3/t7-/m1/s1. The van der Waals surface area contributed by atoms with Crippen molar-refractivity contribution in [1.82, 2.24) is 0 Å². The Bertz CT molecular complexity index is 351. The molecule has 1 aliphatic rings. The lowest BCUT2D eigenvalue weighted by Crippen LogP contribution is -2.10. The van der Waals surface area contributed by atoms with Crippen molar-refractivity contribution < 1.29 is 14.2 Å². The van der Waals surface area contributed by atoms with Crippen LogP contribution in [-0.4, -0.2) is 20.8 Å². The van der Waals surface area contributed by atoms with Gasteiger partial charge in [-0.2, -0.15) is 0 Å². The zero-order chi connectivity index (χ0) is 10.1. The highest BCUT2D eigenvalue weighted by atomic mass is 16.5. The Morgan fingerprint density at radius 3 is 2.79 bits per heavy atom. The Kier molecular flexibility index (Phi) is 2.21. The Balaban J connectivity index is 2.54. The van der Waals surface area contributed by atoms with Crippen LogP contribution in [0.2, 0.25) is 0 Å². The quantitative estimate of drug-likeness (QED) is 0.767. The van der Waals surface area contributed by atoms with Gasteiger partial charge in [-0.3, -0.25) is 0 Å². The highest BCUT2D eigenvalue weighted by molar-refractivity contribution is 5.58. The van der Waals surface area contributed by atoms with Crippen LogP contribution >= 0.6 is 0 Å². The maximum absolute atomic E-state index is 5.84. The van der Waals surface area contributed by atoms with E-state index in [2.05, 4.69) is 0 Å². The van der Waals surface area contributed by atoms with Gasteiger partial charge >= 0.3 is 0 Å². The molecule has 0 fully saturated rings. The molecule has 76 valence electrons. The lowest BCUT2D eigenvalue weighted by Gasteiger charge is -2.11. The van der Waals surface area contributed by atoms with E-state index in [0.29, 0.717) is 23.9 Å². The fraction of sp³-hybridized carbons (Fsp3) is 0.400. The van der Waals surface area contributed by atoms with Crippen molar-refractivity contribution in [2.75, 3.05) is 20.8 Å². The molecule has 0 saturated heterocycles. The fourth-order valence-corrected chi connectivity index (χ4v) is 1.62. The van der Waals surface area contributed by atoms with E-state index in [0.717, 1.165) is 5.56 Å². The van der Waals surface area contributed by atoms with Crippen LogP contribution in [0.1, 0.15) is 11.6 Å². The summed E-state index contributed by atoms with van der Waals surface area (Å²) in [5, 5.41) is 0. The third-order valence-electron chi connectivity index (χ3n) is 2.34. The third-order valence-corrected chi connectivity index (χ3v) is 2.34. The summed E-state index contributed by atoms with van der Waals surface area (Å²) in [7, 11) is 3.18. The minimum atomic E-state index is -0.0650. The number of hydrogen-bond acceptors (Lipinski definition) is 4. The fourth-order valence-electron chi connectivity index (χ4n) is 1.62. The predicted molar refractivity (Wildman–Crippen MR) is 52.0 cm³/mol. The first kappa shape index (κ1) is 9.15. The summed E-state index contributed by atoms with van der Waals surface area (Å²) in [6.45, 7) is 0.499. The minimum absolute atomic E-state index is 0.0650. The van der Waals surface area contributed by atoms with Crippen LogP contribution in [0, 0.1) is 0 Å². The summed E-state index contributed by atoms with van der Waals surface area (Å²) in [5.41, 5.74) is 6.81. The highest BCUT2D eigenvalue weighted by Crippen LogP contribution is 2.44. The molecule has 1 aromatic rings. The van der Waals surface area contributed by atoms with Crippen molar-refractivity contribution in [3.05, 3.63) is 17.7 Å².